The molecule has 1 aliphatic carbocycles. The highest BCUT2D eigenvalue weighted by atomic mass is 35.5. The lowest BCUT2D eigenvalue weighted by molar-refractivity contribution is 0.625. The third kappa shape index (κ3) is 1.67. The number of hydrogen-bond donors (Lipinski definition) is 2. The molecule has 0 bridgehead atoms. The van der Waals surface area contributed by atoms with Gasteiger partial charge in [0.15, 0.2) is 0 Å². The monoisotopic (exact) mass is 248 g/mol. The molecule has 0 amide bonds. The van der Waals surface area contributed by atoms with E-state index in [-0.39, 0.29) is 0 Å². The van der Waals surface area contributed by atoms with E-state index in [4.69, 9.17) is 11.6 Å². The third-order valence-corrected chi connectivity index (χ3v) is 4.08. The zero-order valence-corrected chi connectivity index (χ0v) is 11.0. The molecule has 1 fully saturated rings. The highest BCUT2D eigenvalue weighted by Gasteiger charge is 2.46. The predicted octanol–water partition coefficient (Wildman–Crippen LogP) is 3.38. The van der Waals surface area contributed by atoms with Gasteiger partial charge in [-0.1, -0.05) is 11.6 Å². The molecule has 0 spiro atoms. The van der Waals surface area contributed by atoms with Gasteiger partial charge in [0.2, 0.25) is 0 Å². The lowest BCUT2D eigenvalue weighted by atomic mass is 9.93. The topological polar surface area (TPSA) is 27.8 Å². The smallest absolute Gasteiger partial charge is 0.0460 e. The number of aromatic nitrogens is 1. The summed E-state index contributed by atoms with van der Waals surface area (Å²) in [5, 5.41) is 5.43. The SMILES string of the molecule is CNCC1(c2c(C)[nH]c3ccc(Cl)cc23)CC1. The number of H-pyrrole nitrogens is 1. The van der Waals surface area contributed by atoms with Crippen LogP contribution in [0.5, 0.6) is 0 Å². The first-order valence-electron chi connectivity index (χ1n) is 6.09. The largest absolute Gasteiger partial charge is 0.358 e. The normalized spacial score (nSPS) is 17.6. The fourth-order valence-corrected chi connectivity index (χ4v) is 3.16. The molecule has 3 heteroatoms. The van der Waals surface area contributed by atoms with Crippen LogP contribution in [-0.2, 0) is 5.41 Å². The Morgan fingerprint density at radius 2 is 2.18 bits per heavy atom. The van der Waals surface area contributed by atoms with Crippen LogP contribution in [-0.4, -0.2) is 18.6 Å². The fraction of sp³-hybridized carbons (Fsp3) is 0.429. The first kappa shape index (κ1) is 11.1. The average Bonchev–Trinajstić information content (AvgIpc) is 2.96. The third-order valence-electron chi connectivity index (χ3n) is 3.85. The van der Waals surface area contributed by atoms with Crippen molar-refractivity contribution in [1.82, 2.24) is 10.3 Å². The summed E-state index contributed by atoms with van der Waals surface area (Å²) in [6.45, 7) is 3.21. The molecule has 2 nitrogen and oxygen atoms in total. The van der Waals surface area contributed by atoms with E-state index in [1.165, 1.54) is 35.0 Å². The van der Waals surface area contributed by atoms with Crippen LogP contribution in [0.3, 0.4) is 0 Å². The number of benzene rings is 1. The molecule has 2 aromatic rings. The fourth-order valence-electron chi connectivity index (χ4n) is 2.99. The molecule has 3 rings (SSSR count). The van der Waals surface area contributed by atoms with Gasteiger partial charge in [-0.15, -0.1) is 0 Å². The van der Waals surface area contributed by atoms with Crippen molar-refractivity contribution >= 4 is 22.5 Å². The molecule has 0 atom stereocenters. The standard InChI is InChI=1S/C14H17ClN2/c1-9-13(14(5-6-14)8-16-2)11-7-10(15)3-4-12(11)17-9/h3-4,7,16-17H,5-6,8H2,1-2H3. The van der Waals surface area contributed by atoms with Gasteiger partial charge in [-0.2, -0.15) is 0 Å². The number of fused-ring (bicyclic) bond motifs is 1. The van der Waals surface area contributed by atoms with Crippen LogP contribution in [0.25, 0.3) is 10.9 Å². The molecule has 2 N–H and O–H groups in total. The van der Waals surface area contributed by atoms with Crippen LogP contribution in [0.1, 0.15) is 24.1 Å². The van der Waals surface area contributed by atoms with E-state index in [2.05, 4.69) is 29.4 Å². The number of aromatic amines is 1. The van der Waals surface area contributed by atoms with Crippen molar-refractivity contribution in [2.45, 2.75) is 25.2 Å². The van der Waals surface area contributed by atoms with Crippen LogP contribution < -0.4 is 5.32 Å². The van der Waals surface area contributed by atoms with Gasteiger partial charge >= 0.3 is 0 Å². The Morgan fingerprint density at radius 1 is 1.41 bits per heavy atom. The van der Waals surface area contributed by atoms with Crippen LogP contribution in [0.15, 0.2) is 18.2 Å². The summed E-state index contributed by atoms with van der Waals surface area (Å²) < 4.78 is 0. The summed E-state index contributed by atoms with van der Waals surface area (Å²) in [4.78, 5) is 3.47. The first-order chi connectivity index (χ1) is 8.16. The molecule has 0 saturated heterocycles. The second-order valence-corrected chi connectivity index (χ2v) is 5.56. The zero-order chi connectivity index (χ0) is 12.0. The van der Waals surface area contributed by atoms with Crippen LogP contribution in [0.4, 0.5) is 0 Å². The minimum atomic E-state index is 0.335. The van der Waals surface area contributed by atoms with Crippen molar-refractivity contribution in [3.8, 4) is 0 Å². The summed E-state index contributed by atoms with van der Waals surface area (Å²) in [7, 11) is 2.03. The van der Waals surface area contributed by atoms with Gasteiger partial charge in [0.1, 0.15) is 0 Å². The molecule has 0 aliphatic heterocycles. The Hall–Kier alpha value is -0.990. The van der Waals surface area contributed by atoms with Crippen LogP contribution in [0.2, 0.25) is 5.02 Å². The Kier molecular flexibility index (Phi) is 2.46. The van der Waals surface area contributed by atoms with Gasteiger partial charge < -0.3 is 10.3 Å². The second kappa shape index (κ2) is 3.76. The van der Waals surface area contributed by atoms with Crippen molar-refractivity contribution in [3.63, 3.8) is 0 Å². The van der Waals surface area contributed by atoms with Crippen molar-refractivity contribution < 1.29 is 0 Å². The molecule has 0 unspecified atom stereocenters. The average molecular weight is 249 g/mol. The lowest BCUT2D eigenvalue weighted by Crippen LogP contribution is -2.24. The maximum atomic E-state index is 6.12. The van der Waals surface area contributed by atoms with Gasteiger partial charge in [-0.05, 0) is 50.6 Å². The minimum Gasteiger partial charge on any atom is -0.358 e. The molecule has 1 aliphatic rings. The van der Waals surface area contributed by atoms with Crippen LogP contribution in [0, 0.1) is 6.92 Å². The predicted molar refractivity (Wildman–Crippen MR) is 72.9 cm³/mol. The molecule has 1 aromatic carbocycles. The highest BCUT2D eigenvalue weighted by Crippen LogP contribution is 2.51. The molecule has 1 heterocycles. The summed E-state index contributed by atoms with van der Waals surface area (Å²) in [5.74, 6) is 0. The minimum absolute atomic E-state index is 0.335. The van der Waals surface area contributed by atoms with E-state index in [0.29, 0.717) is 5.41 Å². The van der Waals surface area contributed by atoms with Crippen molar-refractivity contribution in [1.29, 1.82) is 0 Å². The van der Waals surface area contributed by atoms with E-state index in [1.54, 1.807) is 0 Å². The van der Waals surface area contributed by atoms with Gasteiger partial charge in [0.25, 0.3) is 0 Å². The summed E-state index contributed by atoms with van der Waals surface area (Å²) in [5.41, 5.74) is 4.28. The molecule has 90 valence electrons. The molecule has 1 saturated carbocycles. The second-order valence-electron chi connectivity index (χ2n) is 5.13. The highest BCUT2D eigenvalue weighted by molar-refractivity contribution is 6.31. The Labute approximate surface area is 106 Å². The van der Waals surface area contributed by atoms with E-state index in [9.17, 15) is 0 Å². The molecule has 0 radical (unpaired) electrons. The summed E-state index contributed by atoms with van der Waals surface area (Å²) >= 11 is 6.12. The van der Waals surface area contributed by atoms with E-state index in [1.807, 2.05) is 13.1 Å². The number of hydrogen-bond acceptors (Lipinski definition) is 1. The number of aryl methyl sites for hydroxylation is 1. The van der Waals surface area contributed by atoms with Crippen LogP contribution >= 0.6 is 11.6 Å². The molecule has 1 aromatic heterocycles. The molecule has 17 heavy (non-hydrogen) atoms. The maximum Gasteiger partial charge on any atom is 0.0460 e. The Balaban J connectivity index is 2.21. The zero-order valence-electron chi connectivity index (χ0n) is 10.2. The van der Waals surface area contributed by atoms with Crippen molar-refractivity contribution in [3.05, 3.63) is 34.5 Å². The van der Waals surface area contributed by atoms with Gasteiger partial charge in [-0.25, -0.2) is 0 Å². The Morgan fingerprint density at radius 3 is 2.82 bits per heavy atom. The number of likely N-dealkylation sites (N-methyl/N-ethyl adjacent to an activating group) is 1. The van der Waals surface area contributed by atoms with E-state index in [0.717, 1.165) is 11.6 Å². The quantitative estimate of drug-likeness (QED) is 0.856. The number of halogens is 1. The van der Waals surface area contributed by atoms with Gasteiger partial charge in [0.05, 0.1) is 0 Å². The summed E-state index contributed by atoms with van der Waals surface area (Å²) in [6, 6.07) is 6.11. The number of nitrogens with one attached hydrogen (secondary N) is 2. The maximum absolute atomic E-state index is 6.12. The van der Waals surface area contributed by atoms with Crippen molar-refractivity contribution in [2.24, 2.45) is 0 Å². The molecular formula is C14H17ClN2. The van der Waals surface area contributed by atoms with E-state index < -0.39 is 0 Å². The van der Waals surface area contributed by atoms with Gasteiger partial charge in [-0.3, -0.25) is 0 Å². The Bertz CT molecular complexity index is 567. The van der Waals surface area contributed by atoms with Crippen molar-refractivity contribution in [2.75, 3.05) is 13.6 Å². The summed E-state index contributed by atoms with van der Waals surface area (Å²) in [6.07, 6.45) is 2.54. The van der Waals surface area contributed by atoms with E-state index >= 15 is 0 Å². The lowest BCUT2D eigenvalue weighted by Gasteiger charge is -2.15. The molecular weight excluding hydrogens is 232 g/mol. The number of rotatable bonds is 3. The first-order valence-corrected chi connectivity index (χ1v) is 6.47. The van der Waals surface area contributed by atoms with Gasteiger partial charge in [0, 0.05) is 33.6 Å².